The van der Waals surface area contributed by atoms with Crippen LogP contribution in [0.1, 0.15) is 342 Å². The highest BCUT2D eigenvalue weighted by Gasteiger charge is 2.48. The van der Waals surface area contributed by atoms with Crippen molar-refractivity contribution in [3.8, 4) is 41.8 Å². The van der Waals surface area contributed by atoms with Gasteiger partial charge in [-0.1, -0.05) is 13.3 Å². The van der Waals surface area contributed by atoms with Crippen molar-refractivity contribution in [1.82, 2.24) is 80.7 Å². The summed E-state index contributed by atoms with van der Waals surface area (Å²) >= 11 is 4.62. The van der Waals surface area contributed by atoms with Gasteiger partial charge in [0.2, 0.25) is 0 Å². The molecular weight excluding hydrogens is 1880 g/mol. The molecule has 764 valence electrons. The van der Waals surface area contributed by atoms with Crippen LogP contribution >= 0.6 is 45.3 Å². The molecule has 8 aromatic rings. The molecule has 9 fully saturated rings. The second-order valence-electron chi connectivity index (χ2n) is 43.5. The fraction of sp³-hybridized carbons (Fsp3) is 0.612. The van der Waals surface area contributed by atoms with Gasteiger partial charge in [0, 0.05) is 146 Å². The number of fused-ring (bicyclic) bond motifs is 2. The molecule has 32 nitrogen and oxygen atoms in total. The van der Waals surface area contributed by atoms with Gasteiger partial charge >= 0.3 is 0 Å². The second-order valence-corrected chi connectivity index (χ2v) is 47.5. The van der Waals surface area contributed by atoms with E-state index in [1.54, 1.807) is 87.1 Å². The molecule has 0 unspecified atom stereocenters. The van der Waals surface area contributed by atoms with Crippen LogP contribution in [0.3, 0.4) is 0 Å². The van der Waals surface area contributed by atoms with Crippen molar-refractivity contribution < 1.29 is 67.6 Å². The molecule has 5 atom stereocenters. The summed E-state index contributed by atoms with van der Waals surface area (Å²) in [4.78, 5) is 151. The molecule has 13 heterocycles. The molecule has 0 aromatic carbocycles. The molecule has 8 amide bonds. The van der Waals surface area contributed by atoms with E-state index in [1.165, 1.54) is 79.0 Å². The summed E-state index contributed by atoms with van der Waals surface area (Å²) in [5.74, 6) is -1.13. The molecule has 5 aliphatic heterocycles. The molecule has 5 saturated heterocycles. The van der Waals surface area contributed by atoms with Crippen molar-refractivity contribution in [2.24, 2.45) is 11.8 Å². The van der Waals surface area contributed by atoms with Gasteiger partial charge < -0.3 is 82.6 Å². The molecule has 9 aliphatic rings. The van der Waals surface area contributed by atoms with Gasteiger partial charge in [-0.3, -0.25) is 38.4 Å². The largest absolute Gasteiger partial charge is 0.389 e. The maximum absolute atomic E-state index is 14.1. The number of nitrogens with one attached hydrogen (secondary N) is 8. The summed E-state index contributed by atoms with van der Waals surface area (Å²) in [7, 11) is 0. The van der Waals surface area contributed by atoms with Crippen molar-refractivity contribution >= 4 is 116 Å². The van der Waals surface area contributed by atoms with Crippen LogP contribution in [0.4, 0.5) is 32.1 Å². The number of anilines is 4. The van der Waals surface area contributed by atoms with E-state index >= 15 is 0 Å². The molecule has 141 heavy (non-hydrogen) atoms. The number of hydrogen-bond acceptors (Lipinski definition) is 28. The predicted molar refractivity (Wildman–Crippen MR) is 549 cm³/mol. The van der Waals surface area contributed by atoms with Crippen LogP contribution < -0.4 is 42.5 Å². The number of likely N-dealkylation sites (tertiary alicyclic amines) is 3. The van der Waals surface area contributed by atoms with Crippen LogP contribution in [0, 0.1) is 39.5 Å². The van der Waals surface area contributed by atoms with Crippen LogP contribution in [0.25, 0.3) is 41.8 Å². The number of thiazole rings is 4. The number of pyridine rings is 4. The van der Waals surface area contributed by atoms with Gasteiger partial charge in [-0.2, -0.15) is 0 Å². The number of alkyl halides is 2. The van der Waals surface area contributed by atoms with Crippen molar-refractivity contribution in [3.63, 3.8) is 0 Å². The number of amides is 8. The van der Waals surface area contributed by atoms with E-state index < -0.39 is 71.0 Å². The first-order chi connectivity index (χ1) is 66.3. The Bertz CT molecular complexity index is 5900. The standard InChI is InChI=1S/C27H37N5O3S.C26H37N5O3S.C25H33F2N5O3S.C25H35N5O3S/c1-15-12-21(30-16(2)17-6-5-7-17)28-13-20(15)23-22(26(34)32-18-8-9-19(32)11-10-18)31-25(36-23)24(33)29-14-27(3,4)35;1-6-19(17-9-10-17)29-20-12-15(2)18(13-27-20)22-21(25(33)31-11-7-8-16(31)3)30-24(35-22)23(32)28-14-26(4,5)34;1-14-9-17(31-24(5)7-6-8-24)28-11-16(14)19-18(22(34)32-13-25(26,27)10-15(32)2)30-21(36-19)20(33)29-12-23(3,4)35;1-15-12-18(29-25(5)9-7-10-25)26-13-17(15)20-19(23(32)30-11-6-8-16(30)2)28-22(34-20)21(31)27-14-24(3,4)33/h12-13,16-19,35H,5-11,14H2,1-4H3,(H,28,30)(H,29,33);12-13,16-17,19,34H,6-11,14H2,1-5H3,(H,27,29)(H,28,32);9,11,15,35H,6-8,10,12-13H2,1-5H3,(H,28,31)(H,29,33);12-13,16,33H,6-11,14H2,1-5H3,(H,26,29)(H,27,31)/t16-,18?,19?;16-,19+;15-;16-/m1000/s1. The number of aryl methyl sites for hydroxylation is 4. The lowest BCUT2D eigenvalue weighted by atomic mass is 9.78. The smallest absolute Gasteiger partial charge is 0.280 e. The number of carbonyl (C=O) groups excluding carboxylic acids is 8. The average Bonchev–Trinajstić information content (AvgIpc) is 1.65. The summed E-state index contributed by atoms with van der Waals surface area (Å²) in [6, 6.07) is 8.87. The van der Waals surface area contributed by atoms with E-state index in [0.29, 0.717) is 79.1 Å². The quantitative estimate of drug-likeness (QED) is 0.0192. The van der Waals surface area contributed by atoms with E-state index in [0.717, 1.165) is 162 Å². The van der Waals surface area contributed by atoms with E-state index in [9.17, 15) is 67.6 Å². The van der Waals surface area contributed by atoms with Crippen molar-refractivity contribution in [2.45, 2.75) is 348 Å². The predicted octanol–water partition coefficient (Wildman–Crippen LogP) is 16.9. The molecule has 2 bridgehead atoms. The summed E-state index contributed by atoms with van der Waals surface area (Å²) in [6.07, 6.45) is 28.7. The second kappa shape index (κ2) is 43.4. The topological polar surface area (TPSA) is 430 Å². The van der Waals surface area contributed by atoms with E-state index in [4.69, 9.17) is 0 Å². The molecular formula is C103H142F2N20O12S4. The molecule has 0 spiro atoms. The highest BCUT2D eigenvalue weighted by atomic mass is 32.1. The lowest BCUT2D eigenvalue weighted by Gasteiger charge is -2.39. The fourth-order valence-electron chi connectivity index (χ4n) is 19.3. The van der Waals surface area contributed by atoms with Gasteiger partial charge in [0.1, 0.15) is 46.0 Å². The third-order valence-electron chi connectivity index (χ3n) is 28.3. The maximum Gasteiger partial charge on any atom is 0.280 e. The highest BCUT2D eigenvalue weighted by Crippen LogP contribution is 2.47. The normalized spacial score (nSPS) is 20.4. The third-order valence-corrected chi connectivity index (χ3v) is 32.7. The number of aliphatic hydroxyl groups is 4. The zero-order valence-corrected chi connectivity index (χ0v) is 88.2. The third kappa shape index (κ3) is 26.5. The highest BCUT2D eigenvalue weighted by molar-refractivity contribution is 7.18. The zero-order valence-electron chi connectivity index (χ0n) is 84.9. The van der Waals surface area contributed by atoms with Gasteiger partial charge in [0.05, 0.1) is 48.5 Å². The van der Waals surface area contributed by atoms with Gasteiger partial charge in [-0.05, 0) is 305 Å². The Kier molecular flexibility index (Phi) is 32.8. The first kappa shape index (κ1) is 107. The summed E-state index contributed by atoms with van der Waals surface area (Å²) in [6.45, 7) is 36.1. The van der Waals surface area contributed by atoms with Crippen molar-refractivity contribution in [1.29, 1.82) is 0 Å². The van der Waals surface area contributed by atoms with E-state index in [-0.39, 0.29) is 111 Å². The summed E-state index contributed by atoms with van der Waals surface area (Å²) in [5, 5.41) is 65.5. The molecule has 38 heteroatoms. The van der Waals surface area contributed by atoms with Gasteiger partial charge in [0.15, 0.2) is 20.0 Å². The van der Waals surface area contributed by atoms with Crippen molar-refractivity contribution in [2.75, 3.05) is 67.1 Å². The number of halogens is 2. The Morgan fingerprint density at radius 3 is 1.01 bits per heavy atom. The molecule has 8 aromatic heterocycles. The van der Waals surface area contributed by atoms with Crippen LogP contribution in [-0.4, -0.2) is 255 Å². The van der Waals surface area contributed by atoms with Gasteiger partial charge in [-0.25, -0.2) is 48.7 Å². The fourth-order valence-corrected chi connectivity index (χ4v) is 23.5. The van der Waals surface area contributed by atoms with Gasteiger partial charge in [0.25, 0.3) is 53.2 Å². The van der Waals surface area contributed by atoms with Crippen LogP contribution in [0.2, 0.25) is 0 Å². The average molecular weight is 2020 g/mol. The molecule has 4 saturated carbocycles. The number of nitrogens with zero attached hydrogens (tertiary/aromatic N) is 12. The minimum Gasteiger partial charge on any atom is -0.389 e. The Balaban J connectivity index is 0.000000150. The van der Waals surface area contributed by atoms with E-state index in [2.05, 4.69) is 110 Å². The Morgan fingerprint density at radius 2 is 0.745 bits per heavy atom. The lowest BCUT2D eigenvalue weighted by molar-refractivity contribution is 0.0117. The van der Waals surface area contributed by atoms with Crippen LogP contribution in [-0.2, 0) is 0 Å². The summed E-state index contributed by atoms with van der Waals surface area (Å²) < 4.78 is 28.1. The minimum absolute atomic E-state index is 0.00936. The Morgan fingerprint density at radius 1 is 0.426 bits per heavy atom. The lowest BCUT2D eigenvalue weighted by Crippen LogP contribution is -2.41. The van der Waals surface area contributed by atoms with E-state index in [1.807, 2.05) is 80.5 Å². The maximum atomic E-state index is 14.1. The molecule has 12 N–H and O–H groups in total. The number of aromatic nitrogens is 8. The monoisotopic (exact) mass is 2020 g/mol. The molecule has 4 aliphatic carbocycles. The zero-order chi connectivity index (χ0) is 102. The van der Waals surface area contributed by atoms with Gasteiger partial charge in [-0.15, -0.1) is 45.3 Å². The number of carbonyl (C=O) groups is 8. The summed E-state index contributed by atoms with van der Waals surface area (Å²) in [5.41, 5.74) is 3.52. The SMILES string of the molecule is CC[C@@H](Nc1cc(C)c(-c2sc(C(=O)NCC(C)(C)O)nc2C(=O)N2CCC[C@@H]2C)cn1)C1CC1.Cc1cc(NC2(C)CCC2)ncc1-c1sc(C(=O)NCC(C)(C)O)nc1C(=O)N1CC(F)(F)C[C@@H]1C.Cc1cc(NC2(C)CCC2)ncc1-c1sc(C(=O)NCC(C)(C)O)nc1C(=O)N1CCC[C@@H]1C.Cc1cc(N[C@H](C)C2CCC2)ncc1-c1sc(C(=O)NCC(C)(C)O)nc1C(=O)N1C2CCC1CC2. The molecule has 0 radical (unpaired) electrons. The van der Waals surface area contributed by atoms with Crippen LogP contribution in [0.15, 0.2) is 49.1 Å². The first-order valence-corrected chi connectivity index (χ1v) is 53.2. The van der Waals surface area contributed by atoms with Crippen LogP contribution in [0.5, 0.6) is 0 Å². The molecule has 17 rings (SSSR count). The first-order valence-electron chi connectivity index (χ1n) is 50.0. The Labute approximate surface area is 841 Å². The van der Waals surface area contributed by atoms with Crippen molar-refractivity contribution in [3.05, 3.63) is 114 Å². The number of rotatable bonds is 31. The Hall–Kier alpha value is -10.2. The minimum atomic E-state index is -2.97. The number of hydrogen-bond donors (Lipinski definition) is 12.